The number of amides is 1. The number of carbonyl (C=O) groups excluding carboxylic acids is 1. The van der Waals surface area contributed by atoms with E-state index in [1.807, 2.05) is 43.9 Å². The molecule has 1 fully saturated rings. The molecule has 1 aliphatic rings. The molecule has 206 valence electrons. The summed E-state index contributed by atoms with van der Waals surface area (Å²) in [5, 5.41) is 5.52. The molecular weight excluding hydrogens is 518 g/mol. The predicted octanol–water partition coefficient (Wildman–Crippen LogP) is 6.41. The normalized spacial score (nSPS) is 14.7. The van der Waals surface area contributed by atoms with E-state index in [0.717, 1.165) is 81.3 Å². The van der Waals surface area contributed by atoms with Crippen LogP contribution in [0.1, 0.15) is 39.2 Å². The molecule has 1 saturated heterocycles. The maximum Gasteiger partial charge on any atom is 0.410 e. The van der Waals surface area contributed by atoms with Crippen LogP contribution >= 0.6 is 23.5 Å². The molecule has 0 aliphatic carbocycles. The van der Waals surface area contributed by atoms with Gasteiger partial charge in [0.1, 0.15) is 5.60 Å². The Morgan fingerprint density at radius 2 is 1.82 bits per heavy atom. The monoisotopic (exact) mass is 557 g/mol. The zero-order valence-electron chi connectivity index (χ0n) is 22.7. The molecule has 0 bridgehead atoms. The number of aryl methyl sites for hydroxylation is 1. The fourth-order valence-corrected chi connectivity index (χ4v) is 5.36. The van der Waals surface area contributed by atoms with Crippen LogP contribution in [0.4, 0.5) is 10.5 Å². The number of piperazine rings is 1. The Morgan fingerprint density at radius 3 is 2.55 bits per heavy atom. The maximum absolute atomic E-state index is 12.2. The van der Waals surface area contributed by atoms with E-state index in [9.17, 15) is 4.79 Å². The second kappa shape index (κ2) is 13.6. The van der Waals surface area contributed by atoms with E-state index in [0.29, 0.717) is 0 Å². The van der Waals surface area contributed by atoms with Crippen LogP contribution < -0.4 is 10.0 Å². The summed E-state index contributed by atoms with van der Waals surface area (Å²) in [6.45, 7) is 11.9. The zero-order valence-corrected chi connectivity index (χ0v) is 24.3. The van der Waals surface area contributed by atoms with Crippen LogP contribution in [0.25, 0.3) is 10.9 Å². The van der Waals surface area contributed by atoms with Crippen molar-refractivity contribution < 1.29 is 9.53 Å². The molecule has 38 heavy (non-hydrogen) atoms. The van der Waals surface area contributed by atoms with Crippen LogP contribution in [-0.2, 0) is 11.2 Å². The summed E-state index contributed by atoms with van der Waals surface area (Å²) in [5.74, 6) is 0. The highest BCUT2D eigenvalue weighted by molar-refractivity contribution is 7.97. The van der Waals surface area contributed by atoms with Crippen LogP contribution in [0.2, 0.25) is 5.02 Å². The number of H-pyrrole nitrogens is 1. The summed E-state index contributed by atoms with van der Waals surface area (Å²) < 4.78 is 8.95. The van der Waals surface area contributed by atoms with Crippen LogP contribution in [0.15, 0.2) is 53.6 Å². The van der Waals surface area contributed by atoms with Crippen molar-refractivity contribution in [2.24, 2.45) is 0 Å². The Hall–Kier alpha value is -2.39. The lowest BCUT2D eigenvalue weighted by Crippen LogP contribution is -2.50. The second-order valence-electron chi connectivity index (χ2n) is 10.7. The van der Waals surface area contributed by atoms with Crippen molar-refractivity contribution in [1.29, 1.82) is 0 Å². The minimum atomic E-state index is -0.442. The summed E-state index contributed by atoms with van der Waals surface area (Å²) in [6.07, 6.45) is 5.02. The lowest BCUT2D eigenvalue weighted by Gasteiger charge is -2.35. The van der Waals surface area contributed by atoms with Gasteiger partial charge in [0.25, 0.3) is 0 Å². The third kappa shape index (κ3) is 8.83. The number of hydrogen-bond donors (Lipinski definition) is 3. The first kappa shape index (κ1) is 28.6. The number of carbonyl (C=O) groups is 1. The molecule has 3 aromatic rings. The minimum Gasteiger partial charge on any atom is -0.444 e. The number of nitrogens with zero attached hydrogens (tertiary/aromatic N) is 2. The molecule has 0 atom stereocenters. The summed E-state index contributed by atoms with van der Waals surface area (Å²) in [5.41, 5.74) is 3.15. The van der Waals surface area contributed by atoms with E-state index in [1.54, 1.807) is 11.9 Å². The van der Waals surface area contributed by atoms with Gasteiger partial charge in [-0.2, -0.15) is 0 Å². The van der Waals surface area contributed by atoms with Crippen LogP contribution in [-0.4, -0.2) is 72.3 Å². The molecule has 0 radical (unpaired) electrons. The third-order valence-corrected chi connectivity index (χ3v) is 7.59. The topological polar surface area (TPSA) is 72.6 Å². The molecule has 0 unspecified atom stereocenters. The number of aromatic amines is 1. The average molecular weight is 558 g/mol. The van der Waals surface area contributed by atoms with E-state index in [-0.39, 0.29) is 6.09 Å². The van der Waals surface area contributed by atoms with Gasteiger partial charge in [-0.1, -0.05) is 11.6 Å². The summed E-state index contributed by atoms with van der Waals surface area (Å²) in [6, 6.07) is 14.6. The number of halogens is 1. The molecule has 3 N–H and O–H groups in total. The molecule has 1 aliphatic heterocycles. The van der Waals surface area contributed by atoms with E-state index in [4.69, 9.17) is 16.3 Å². The smallest absolute Gasteiger partial charge is 0.410 e. The highest BCUT2D eigenvalue weighted by atomic mass is 35.5. The molecule has 2 heterocycles. The zero-order chi connectivity index (χ0) is 27.0. The number of nitrogens with one attached hydrogen (secondary N) is 3. The molecule has 0 spiro atoms. The summed E-state index contributed by atoms with van der Waals surface area (Å²) >= 11 is 7.83. The van der Waals surface area contributed by atoms with Crippen molar-refractivity contribution in [3.8, 4) is 0 Å². The van der Waals surface area contributed by atoms with Crippen molar-refractivity contribution in [2.75, 3.05) is 51.1 Å². The van der Waals surface area contributed by atoms with E-state index in [2.05, 4.69) is 50.4 Å². The number of benzene rings is 2. The Labute approximate surface area is 235 Å². The van der Waals surface area contributed by atoms with Crippen LogP contribution in [0, 0.1) is 0 Å². The number of fused-ring (bicyclic) bond motifs is 1. The first-order valence-electron chi connectivity index (χ1n) is 13.5. The number of rotatable bonds is 11. The van der Waals surface area contributed by atoms with Crippen molar-refractivity contribution in [3.63, 3.8) is 0 Å². The molecule has 2 aromatic carbocycles. The van der Waals surface area contributed by atoms with Gasteiger partial charge in [-0.15, -0.1) is 0 Å². The van der Waals surface area contributed by atoms with Crippen molar-refractivity contribution in [3.05, 3.63) is 59.2 Å². The number of ether oxygens (including phenoxy) is 1. The lowest BCUT2D eigenvalue weighted by atomic mass is 10.1. The van der Waals surface area contributed by atoms with Gasteiger partial charge in [-0.3, -0.25) is 9.62 Å². The number of hydrogen-bond acceptors (Lipinski definition) is 6. The van der Waals surface area contributed by atoms with E-state index < -0.39 is 5.60 Å². The molecule has 0 saturated carbocycles. The standard InChI is InChI=1S/C29H40ClN5O2S/c1-29(2,3)37-28(36)35-18-16-34(17-19-35)15-5-13-31-24-8-10-25(11-9-24)38-33-14-4-6-22-21-32-27-12-7-23(30)20-26(22)27/h7-12,20-21,31-33H,4-6,13-19H2,1-3H3. The van der Waals surface area contributed by atoms with E-state index in [1.165, 1.54) is 15.8 Å². The maximum atomic E-state index is 12.2. The fourth-order valence-electron chi connectivity index (χ4n) is 4.50. The highest BCUT2D eigenvalue weighted by Crippen LogP contribution is 2.23. The predicted molar refractivity (Wildman–Crippen MR) is 159 cm³/mol. The average Bonchev–Trinajstić information content (AvgIpc) is 3.28. The summed E-state index contributed by atoms with van der Waals surface area (Å²) in [7, 11) is 0. The van der Waals surface area contributed by atoms with Crippen LogP contribution in [0.5, 0.6) is 0 Å². The van der Waals surface area contributed by atoms with Gasteiger partial charge in [0.2, 0.25) is 0 Å². The summed E-state index contributed by atoms with van der Waals surface area (Å²) in [4.78, 5) is 21.0. The molecule has 7 nitrogen and oxygen atoms in total. The molecule has 1 aromatic heterocycles. The van der Waals surface area contributed by atoms with Crippen molar-refractivity contribution >= 4 is 46.2 Å². The van der Waals surface area contributed by atoms with Gasteiger partial charge >= 0.3 is 6.09 Å². The van der Waals surface area contributed by atoms with Gasteiger partial charge in [-0.05, 0) is 107 Å². The van der Waals surface area contributed by atoms with E-state index >= 15 is 0 Å². The quantitative estimate of drug-likeness (QED) is 0.187. The van der Waals surface area contributed by atoms with Gasteiger partial charge in [-0.25, -0.2) is 4.79 Å². The number of aromatic nitrogens is 1. The SMILES string of the molecule is CC(C)(C)OC(=O)N1CCN(CCCNc2ccc(SNCCCc3c[nH]c4ccc(Cl)cc34)cc2)CC1. The Morgan fingerprint density at radius 1 is 1.05 bits per heavy atom. The number of anilines is 1. The van der Waals surface area contributed by atoms with Crippen LogP contribution in [0.3, 0.4) is 0 Å². The van der Waals surface area contributed by atoms with Gasteiger partial charge in [0.15, 0.2) is 0 Å². The molecule has 9 heteroatoms. The van der Waals surface area contributed by atoms with Crippen molar-refractivity contribution in [2.45, 2.75) is 50.5 Å². The molecule has 4 rings (SSSR count). The van der Waals surface area contributed by atoms with Crippen molar-refractivity contribution in [1.82, 2.24) is 19.5 Å². The molecule has 1 amide bonds. The first-order valence-corrected chi connectivity index (χ1v) is 14.7. The Bertz CT molecular complexity index is 1170. The highest BCUT2D eigenvalue weighted by Gasteiger charge is 2.25. The minimum absolute atomic E-state index is 0.202. The fraction of sp³-hybridized carbons (Fsp3) is 0.483. The second-order valence-corrected chi connectivity index (χ2v) is 12.1. The third-order valence-electron chi connectivity index (χ3n) is 6.50. The Kier molecular flexibility index (Phi) is 10.2. The van der Waals surface area contributed by atoms with Gasteiger partial charge in [0.05, 0.1) is 0 Å². The lowest BCUT2D eigenvalue weighted by molar-refractivity contribution is 0.0145. The van der Waals surface area contributed by atoms with Gasteiger partial charge < -0.3 is 19.9 Å². The largest absolute Gasteiger partial charge is 0.444 e. The molecular formula is C29H40ClN5O2S. The van der Waals surface area contributed by atoms with Gasteiger partial charge in [0, 0.05) is 72.0 Å². The Balaban J connectivity index is 1.06. The first-order chi connectivity index (χ1) is 18.3.